The third-order valence-corrected chi connectivity index (χ3v) is 2.92. The van der Waals surface area contributed by atoms with Crippen LogP contribution in [0.5, 0.6) is 0 Å². The number of nitrogens with zero attached hydrogens (tertiary/aromatic N) is 1. The molecule has 0 saturated carbocycles. The first kappa shape index (κ1) is 12.6. The van der Waals surface area contributed by atoms with Gasteiger partial charge in [-0.3, -0.25) is 4.79 Å². The number of rotatable bonds is 0. The second kappa shape index (κ2) is 4.17. The van der Waals surface area contributed by atoms with Gasteiger partial charge in [-0.05, 0) is 11.8 Å². The smallest absolute Gasteiger partial charge is 0.334 e. The van der Waals surface area contributed by atoms with E-state index in [1.165, 1.54) is 0 Å². The predicted molar refractivity (Wildman–Crippen MR) is 49.7 cm³/mol. The Bertz CT molecular complexity index is 247. The first-order valence-electron chi connectivity index (χ1n) is 4.55. The molecule has 0 aromatic heterocycles. The van der Waals surface area contributed by atoms with Crippen molar-refractivity contribution in [3.05, 3.63) is 0 Å². The molecule has 2 atom stereocenters. The van der Waals surface area contributed by atoms with Gasteiger partial charge in [-0.2, -0.15) is 13.2 Å². The largest absolute Gasteiger partial charge is 0.471 e. The predicted octanol–water partition coefficient (Wildman–Crippen LogP) is 0.648. The molecule has 2 aliphatic rings. The lowest BCUT2D eigenvalue weighted by molar-refractivity contribution is -0.184. The lowest BCUT2D eigenvalue weighted by Gasteiger charge is -2.18. The fourth-order valence-electron chi connectivity index (χ4n) is 2.20. The summed E-state index contributed by atoms with van der Waals surface area (Å²) in [6, 6.07) is 0. The summed E-state index contributed by atoms with van der Waals surface area (Å²) in [5.41, 5.74) is 0. The van der Waals surface area contributed by atoms with Crippen molar-refractivity contribution in [3.63, 3.8) is 0 Å². The first-order chi connectivity index (χ1) is 6.48. The lowest BCUT2D eigenvalue weighted by Crippen LogP contribution is -2.41. The van der Waals surface area contributed by atoms with Gasteiger partial charge in [-0.1, -0.05) is 0 Å². The van der Waals surface area contributed by atoms with Crippen LogP contribution in [0.15, 0.2) is 0 Å². The normalized spacial score (nSPS) is 29.9. The van der Waals surface area contributed by atoms with Crippen molar-refractivity contribution < 1.29 is 18.0 Å². The summed E-state index contributed by atoms with van der Waals surface area (Å²) in [7, 11) is 0. The van der Waals surface area contributed by atoms with Crippen LogP contribution in [-0.2, 0) is 4.79 Å². The van der Waals surface area contributed by atoms with Crippen molar-refractivity contribution >= 4 is 18.3 Å². The molecule has 2 fully saturated rings. The van der Waals surface area contributed by atoms with E-state index in [2.05, 4.69) is 5.32 Å². The van der Waals surface area contributed by atoms with Gasteiger partial charge in [0.05, 0.1) is 0 Å². The zero-order chi connectivity index (χ0) is 10.3. The molecule has 2 heterocycles. The van der Waals surface area contributed by atoms with Crippen LogP contribution in [0.1, 0.15) is 0 Å². The van der Waals surface area contributed by atoms with Gasteiger partial charge in [0, 0.05) is 26.2 Å². The second-order valence-corrected chi connectivity index (χ2v) is 3.89. The summed E-state index contributed by atoms with van der Waals surface area (Å²) in [4.78, 5) is 11.8. The summed E-state index contributed by atoms with van der Waals surface area (Å²) in [6.07, 6.45) is -4.72. The van der Waals surface area contributed by atoms with Crippen molar-refractivity contribution in [2.24, 2.45) is 11.8 Å². The molecular formula is C8H12ClF3N2O. The molecule has 3 nitrogen and oxygen atoms in total. The molecule has 2 rings (SSSR count). The van der Waals surface area contributed by atoms with E-state index in [4.69, 9.17) is 0 Å². The van der Waals surface area contributed by atoms with Gasteiger partial charge < -0.3 is 10.2 Å². The van der Waals surface area contributed by atoms with E-state index in [-0.39, 0.29) is 37.3 Å². The minimum absolute atomic E-state index is 0. The van der Waals surface area contributed by atoms with E-state index in [0.717, 1.165) is 18.0 Å². The zero-order valence-electron chi connectivity index (χ0n) is 7.88. The number of amides is 1. The Morgan fingerprint density at radius 2 is 1.67 bits per heavy atom. The highest BCUT2D eigenvalue weighted by Gasteiger charge is 2.47. The summed E-state index contributed by atoms with van der Waals surface area (Å²) < 4.78 is 36.2. The van der Waals surface area contributed by atoms with Gasteiger partial charge in [0.15, 0.2) is 0 Å². The highest BCUT2D eigenvalue weighted by atomic mass is 35.5. The second-order valence-electron chi connectivity index (χ2n) is 3.89. The van der Waals surface area contributed by atoms with Crippen molar-refractivity contribution in [2.45, 2.75) is 6.18 Å². The van der Waals surface area contributed by atoms with Crippen molar-refractivity contribution in [2.75, 3.05) is 26.2 Å². The first-order valence-corrected chi connectivity index (χ1v) is 4.55. The molecule has 0 aliphatic carbocycles. The number of nitrogens with one attached hydrogen (secondary N) is 1. The Kier molecular flexibility index (Phi) is 3.50. The van der Waals surface area contributed by atoms with Gasteiger partial charge in [-0.15, -0.1) is 12.4 Å². The molecule has 88 valence electrons. The van der Waals surface area contributed by atoms with Gasteiger partial charge in [0.25, 0.3) is 0 Å². The molecule has 0 aromatic carbocycles. The summed E-state index contributed by atoms with van der Waals surface area (Å²) in [5, 5.41) is 3.10. The Hall–Kier alpha value is -0.490. The van der Waals surface area contributed by atoms with Crippen molar-refractivity contribution in [1.82, 2.24) is 10.2 Å². The molecule has 2 unspecified atom stereocenters. The number of carbonyl (C=O) groups is 1. The van der Waals surface area contributed by atoms with Gasteiger partial charge in [0.1, 0.15) is 0 Å². The lowest BCUT2D eigenvalue weighted by atomic mass is 10.0. The monoisotopic (exact) mass is 244 g/mol. The molecule has 0 radical (unpaired) electrons. The van der Waals surface area contributed by atoms with Crippen LogP contribution in [0.3, 0.4) is 0 Å². The third-order valence-electron chi connectivity index (χ3n) is 2.92. The van der Waals surface area contributed by atoms with E-state index < -0.39 is 12.1 Å². The number of hydrogen-bond donors (Lipinski definition) is 1. The van der Waals surface area contributed by atoms with Crippen LogP contribution < -0.4 is 5.32 Å². The Morgan fingerprint density at radius 1 is 1.20 bits per heavy atom. The number of halogens is 4. The van der Waals surface area contributed by atoms with Gasteiger partial charge in [0.2, 0.25) is 0 Å². The Labute approximate surface area is 91.4 Å². The molecule has 2 saturated heterocycles. The zero-order valence-corrected chi connectivity index (χ0v) is 8.70. The fourth-order valence-corrected chi connectivity index (χ4v) is 2.20. The molecule has 1 N–H and O–H groups in total. The summed E-state index contributed by atoms with van der Waals surface area (Å²) in [6.45, 7) is 1.95. The maximum Gasteiger partial charge on any atom is 0.471 e. The SMILES string of the molecule is Cl.O=C(N1CC2CNCC2C1)C(F)(F)F. The standard InChI is InChI=1S/C8H11F3N2O.ClH/c9-8(10,11)7(14)13-3-5-1-12-2-6(5)4-13;/h5-6,12H,1-4H2;1H. The topological polar surface area (TPSA) is 32.3 Å². The molecule has 1 amide bonds. The molecule has 0 spiro atoms. The number of alkyl halides is 3. The van der Waals surface area contributed by atoms with E-state index in [1.807, 2.05) is 0 Å². The number of hydrogen-bond acceptors (Lipinski definition) is 2. The summed E-state index contributed by atoms with van der Waals surface area (Å²) >= 11 is 0. The number of likely N-dealkylation sites (tertiary alicyclic amines) is 1. The molecule has 7 heteroatoms. The van der Waals surface area contributed by atoms with E-state index in [1.54, 1.807) is 0 Å². The van der Waals surface area contributed by atoms with Crippen molar-refractivity contribution in [3.8, 4) is 0 Å². The molecule has 15 heavy (non-hydrogen) atoms. The van der Waals surface area contributed by atoms with E-state index in [0.29, 0.717) is 0 Å². The number of carbonyl (C=O) groups excluding carboxylic acids is 1. The van der Waals surface area contributed by atoms with Crippen LogP contribution in [0.4, 0.5) is 13.2 Å². The van der Waals surface area contributed by atoms with Gasteiger partial charge >= 0.3 is 12.1 Å². The highest BCUT2D eigenvalue weighted by Crippen LogP contribution is 2.29. The minimum atomic E-state index is -4.72. The van der Waals surface area contributed by atoms with Crippen molar-refractivity contribution in [1.29, 1.82) is 0 Å². The fraction of sp³-hybridized carbons (Fsp3) is 0.875. The van der Waals surface area contributed by atoms with Crippen LogP contribution >= 0.6 is 12.4 Å². The van der Waals surface area contributed by atoms with E-state index in [9.17, 15) is 18.0 Å². The highest BCUT2D eigenvalue weighted by molar-refractivity contribution is 5.85. The van der Waals surface area contributed by atoms with Crippen LogP contribution in [0.2, 0.25) is 0 Å². The molecule has 0 aromatic rings. The maximum atomic E-state index is 12.1. The summed E-state index contributed by atoms with van der Waals surface area (Å²) in [5.74, 6) is -1.27. The molecular weight excluding hydrogens is 233 g/mol. The minimum Gasteiger partial charge on any atom is -0.334 e. The maximum absolute atomic E-state index is 12.1. The Balaban J connectivity index is 0.00000112. The van der Waals surface area contributed by atoms with Crippen LogP contribution in [0, 0.1) is 11.8 Å². The van der Waals surface area contributed by atoms with E-state index >= 15 is 0 Å². The molecule has 2 aliphatic heterocycles. The average Bonchev–Trinajstić information content (AvgIpc) is 2.58. The molecule has 0 bridgehead atoms. The van der Waals surface area contributed by atoms with Crippen LogP contribution in [-0.4, -0.2) is 43.2 Å². The Morgan fingerprint density at radius 3 is 2.07 bits per heavy atom. The van der Waals surface area contributed by atoms with Gasteiger partial charge in [-0.25, -0.2) is 0 Å². The quantitative estimate of drug-likeness (QED) is 0.679. The number of fused-ring (bicyclic) bond motifs is 1. The third kappa shape index (κ3) is 2.36. The van der Waals surface area contributed by atoms with Crippen LogP contribution in [0.25, 0.3) is 0 Å². The average molecular weight is 245 g/mol.